The Labute approximate surface area is 127 Å². The van der Waals surface area contributed by atoms with Crippen LogP contribution in [0, 0.1) is 0 Å². The van der Waals surface area contributed by atoms with E-state index in [-0.39, 0.29) is 5.91 Å². The summed E-state index contributed by atoms with van der Waals surface area (Å²) in [6.07, 6.45) is 3.44. The normalized spacial score (nSPS) is 15.1. The Kier molecular flexibility index (Phi) is 4.49. The van der Waals surface area contributed by atoms with Crippen molar-refractivity contribution in [2.75, 3.05) is 18.8 Å². The summed E-state index contributed by atoms with van der Waals surface area (Å²) in [6, 6.07) is 9.69. The molecular formula is C14H17N5OS. The molecule has 0 unspecified atom stereocenters. The number of para-hydroxylation sites is 1. The number of benzene rings is 1. The highest BCUT2D eigenvalue weighted by Crippen LogP contribution is 2.19. The summed E-state index contributed by atoms with van der Waals surface area (Å²) in [4.78, 5) is 14.1. The first-order chi connectivity index (χ1) is 10.3. The summed E-state index contributed by atoms with van der Waals surface area (Å²) in [6.45, 7) is 1.76. The minimum absolute atomic E-state index is 0.169. The predicted octanol–water partition coefficient (Wildman–Crippen LogP) is 1.77. The number of hydrogen-bond donors (Lipinski definition) is 0. The molecule has 1 aromatic carbocycles. The Hall–Kier alpha value is -1.89. The van der Waals surface area contributed by atoms with Gasteiger partial charge in [0.15, 0.2) is 0 Å². The number of rotatable bonds is 4. The van der Waals surface area contributed by atoms with Crippen molar-refractivity contribution in [3.63, 3.8) is 0 Å². The van der Waals surface area contributed by atoms with E-state index < -0.39 is 0 Å². The van der Waals surface area contributed by atoms with E-state index in [0.29, 0.717) is 10.9 Å². The molecule has 7 heteroatoms. The Morgan fingerprint density at radius 3 is 2.67 bits per heavy atom. The third-order valence-corrected chi connectivity index (χ3v) is 4.38. The molecular weight excluding hydrogens is 286 g/mol. The van der Waals surface area contributed by atoms with Crippen LogP contribution in [0.1, 0.15) is 19.3 Å². The van der Waals surface area contributed by atoms with Gasteiger partial charge in [-0.3, -0.25) is 4.79 Å². The topological polar surface area (TPSA) is 63.9 Å². The van der Waals surface area contributed by atoms with E-state index in [1.165, 1.54) is 18.2 Å². The first kappa shape index (κ1) is 14.1. The second kappa shape index (κ2) is 6.71. The van der Waals surface area contributed by atoms with E-state index in [4.69, 9.17) is 0 Å². The smallest absolute Gasteiger partial charge is 0.233 e. The second-order valence-corrected chi connectivity index (χ2v) is 5.88. The summed E-state index contributed by atoms with van der Waals surface area (Å²) < 4.78 is 1.66. The first-order valence-corrected chi connectivity index (χ1v) is 8.07. The van der Waals surface area contributed by atoms with Crippen molar-refractivity contribution in [1.82, 2.24) is 25.1 Å². The van der Waals surface area contributed by atoms with E-state index >= 15 is 0 Å². The summed E-state index contributed by atoms with van der Waals surface area (Å²) in [5.41, 5.74) is 0.899. The number of hydrogen-bond acceptors (Lipinski definition) is 5. The molecule has 0 bridgehead atoms. The number of nitrogens with zero attached hydrogens (tertiary/aromatic N) is 5. The van der Waals surface area contributed by atoms with Crippen LogP contribution in [0.5, 0.6) is 0 Å². The lowest BCUT2D eigenvalue weighted by molar-refractivity contribution is -0.129. The van der Waals surface area contributed by atoms with Crippen molar-refractivity contribution in [2.45, 2.75) is 24.4 Å². The number of carbonyl (C=O) groups is 1. The highest BCUT2D eigenvalue weighted by molar-refractivity contribution is 7.99. The lowest BCUT2D eigenvalue weighted by atomic mass is 10.1. The quantitative estimate of drug-likeness (QED) is 0.805. The molecule has 1 aliphatic heterocycles. The van der Waals surface area contributed by atoms with Crippen LogP contribution in [0.2, 0.25) is 0 Å². The minimum atomic E-state index is 0.169. The van der Waals surface area contributed by atoms with E-state index in [0.717, 1.165) is 31.6 Å². The molecule has 0 saturated carbocycles. The monoisotopic (exact) mass is 303 g/mol. The number of aromatic nitrogens is 4. The van der Waals surface area contributed by atoms with Crippen LogP contribution in [0.4, 0.5) is 0 Å². The molecule has 6 nitrogen and oxygen atoms in total. The lowest BCUT2D eigenvalue weighted by Crippen LogP contribution is -2.36. The van der Waals surface area contributed by atoms with Crippen molar-refractivity contribution >= 4 is 17.7 Å². The van der Waals surface area contributed by atoms with Crippen LogP contribution in [0.3, 0.4) is 0 Å². The predicted molar refractivity (Wildman–Crippen MR) is 80.3 cm³/mol. The minimum Gasteiger partial charge on any atom is -0.342 e. The molecule has 0 spiro atoms. The van der Waals surface area contributed by atoms with E-state index in [9.17, 15) is 4.79 Å². The summed E-state index contributed by atoms with van der Waals surface area (Å²) in [5.74, 6) is 0.551. The van der Waals surface area contributed by atoms with Crippen molar-refractivity contribution in [2.24, 2.45) is 0 Å². The fourth-order valence-corrected chi connectivity index (χ4v) is 3.15. The van der Waals surface area contributed by atoms with Gasteiger partial charge in [-0.1, -0.05) is 30.0 Å². The number of amides is 1. The third kappa shape index (κ3) is 3.41. The zero-order valence-electron chi connectivity index (χ0n) is 11.7. The molecule has 2 heterocycles. The molecule has 3 rings (SSSR count). The van der Waals surface area contributed by atoms with Gasteiger partial charge in [-0.05, 0) is 41.8 Å². The molecule has 1 fully saturated rings. The molecule has 0 radical (unpaired) electrons. The molecule has 2 aromatic rings. The van der Waals surface area contributed by atoms with Crippen LogP contribution in [-0.2, 0) is 4.79 Å². The number of piperidine rings is 1. The van der Waals surface area contributed by atoms with Crippen molar-refractivity contribution in [1.29, 1.82) is 0 Å². The van der Waals surface area contributed by atoms with E-state index in [2.05, 4.69) is 15.5 Å². The standard InChI is InChI=1S/C14H17N5OS/c20-13(18-9-5-2-6-10-18)11-21-14-15-16-17-19(14)12-7-3-1-4-8-12/h1,3-4,7-8H,2,5-6,9-11H2. The largest absolute Gasteiger partial charge is 0.342 e. The van der Waals surface area contributed by atoms with Gasteiger partial charge < -0.3 is 4.90 Å². The van der Waals surface area contributed by atoms with Gasteiger partial charge in [0, 0.05) is 13.1 Å². The first-order valence-electron chi connectivity index (χ1n) is 7.09. The number of carbonyl (C=O) groups excluding carboxylic acids is 1. The van der Waals surface area contributed by atoms with Gasteiger partial charge in [0.05, 0.1) is 11.4 Å². The van der Waals surface area contributed by atoms with Crippen molar-refractivity contribution in [3.05, 3.63) is 30.3 Å². The maximum Gasteiger partial charge on any atom is 0.233 e. The third-order valence-electron chi connectivity index (χ3n) is 3.48. The van der Waals surface area contributed by atoms with Crippen molar-refractivity contribution in [3.8, 4) is 5.69 Å². The van der Waals surface area contributed by atoms with Crippen LogP contribution < -0.4 is 0 Å². The number of thioether (sulfide) groups is 1. The van der Waals surface area contributed by atoms with Gasteiger partial charge in [-0.15, -0.1) is 5.10 Å². The van der Waals surface area contributed by atoms with Gasteiger partial charge >= 0.3 is 0 Å². The summed E-state index contributed by atoms with van der Waals surface area (Å²) >= 11 is 1.39. The Bertz CT molecular complexity index is 594. The molecule has 1 amide bonds. The second-order valence-electron chi connectivity index (χ2n) is 4.94. The van der Waals surface area contributed by atoms with Crippen LogP contribution in [0.15, 0.2) is 35.5 Å². The Morgan fingerprint density at radius 2 is 1.90 bits per heavy atom. The zero-order valence-corrected chi connectivity index (χ0v) is 12.5. The average molecular weight is 303 g/mol. The number of likely N-dealkylation sites (tertiary alicyclic amines) is 1. The van der Waals surface area contributed by atoms with Gasteiger partial charge in [0.1, 0.15) is 0 Å². The highest BCUT2D eigenvalue weighted by atomic mass is 32.2. The van der Waals surface area contributed by atoms with E-state index in [1.807, 2.05) is 35.2 Å². The molecule has 0 aliphatic carbocycles. The van der Waals surface area contributed by atoms with Crippen molar-refractivity contribution < 1.29 is 4.79 Å². The molecule has 1 aromatic heterocycles. The van der Waals surface area contributed by atoms with Crippen LogP contribution in [0.25, 0.3) is 5.69 Å². The Balaban J connectivity index is 1.63. The summed E-state index contributed by atoms with van der Waals surface area (Å²) in [5, 5.41) is 12.3. The molecule has 0 atom stereocenters. The molecule has 0 N–H and O–H groups in total. The zero-order chi connectivity index (χ0) is 14.5. The lowest BCUT2D eigenvalue weighted by Gasteiger charge is -2.26. The molecule has 1 aliphatic rings. The summed E-state index contributed by atoms with van der Waals surface area (Å²) in [7, 11) is 0. The SMILES string of the molecule is O=C(CSc1nnnn1-c1ccccc1)N1CCCCC1. The average Bonchev–Trinajstić information content (AvgIpc) is 3.03. The van der Waals surface area contributed by atoms with Gasteiger partial charge in [-0.25, -0.2) is 0 Å². The Morgan fingerprint density at radius 1 is 1.14 bits per heavy atom. The molecule has 21 heavy (non-hydrogen) atoms. The van der Waals surface area contributed by atoms with Gasteiger partial charge in [0.2, 0.25) is 11.1 Å². The molecule has 110 valence electrons. The van der Waals surface area contributed by atoms with E-state index in [1.54, 1.807) is 4.68 Å². The maximum absolute atomic E-state index is 12.2. The van der Waals surface area contributed by atoms with Crippen LogP contribution in [-0.4, -0.2) is 49.9 Å². The van der Waals surface area contributed by atoms with Gasteiger partial charge in [-0.2, -0.15) is 4.68 Å². The molecule has 1 saturated heterocycles. The fourth-order valence-electron chi connectivity index (χ4n) is 2.36. The number of tetrazole rings is 1. The highest BCUT2D eigenvalue weighted by Gasteiger charge is 2.18. The fraction of sp³-hybridized carbons (Fsp3) is 0.429. The maximum atomic E-state index is 12.2. The van der Waals surface area contributed by atoms with Gasteiger partial charge in [0.25, 0.3) is 0 Å². The van der Waals surface area contributed by atoms with Crippen LogP contribution >= 0.6 is 11.8 Å².